The second-order valence-corrected chi connectivity index (χ2v) is 23.1. The molecule has 0 aliphatic carbocycles. The number of aryl methyl sites for hydroxylation is 1. The van der Waals surface area contributed by atoms with Gasteiger partial charge in [0.25, 0.3) is 11.8 Å². The number of carbonyl (C=O) groups excluding carboxylic acids is 7. The number of piperidine rings is 1. The lowest BCUT2D eigenvalue weighted by Gasteiger charge is -2.36. The summed E-state index contributed by atoms with van der Waals surface area (Å²) in [6, 6.07) is 18.3. The van der Waals surface area contributed by atoms with Crippen molar-refractivity contribution in [2.75, 3.05) is 93.7 Å². The molecule has 1 aromatic heterocycles. The van der Waals surface area contributed by atoms with Gasteiger partial charge in [0.05, 0.1) is 35.0 Å². The normalized spacial score (nSPS) is 15.4. The van der Waals surface area contributed by atoms with Crippen LogP contribution < -0.4 is 25.6 Å². The number of amides is 5. The van der Waals surface area contributed by atoms with E-state index in [1.807, 2.05) is 76.8 Å². The van der Waals surface area contributed by atoms with E-state index in [4.69, 9.17) is 18.9 Å². The first-order valence-corrected chi connectivity index (χ1v) is 29.5. The number of carbonyl (C=O) groups is 7. The second kappa shape index (κ2) is 30.6. The monoisotopic (exact) mass is 1140 g/mol. The van der Waals surface area contributed by atoms with Crippen molar-refractivity contribution < 1.29 is 60.9 Å². The van der Waals surface area contributed by atoms with E-state index < -0.39 is 39.5 Å². The third-order valence-electron chi connectivity index (χ3n) is 13.4. The van der Waals surface area contributed by atoms with Gasteiger partial charge in [-0.3, -0.25) is 43.8 Å². The number of nitrogens with one attached hydrogen (secondary N) is 3. The highest BCUT2D eigenvalue weighted by molar-refractivity contribution is 7.91. The molecule has 3 aliphatic heterocycles. The van der Waals surface area contributed by atoms with Crippen LogP contribution in [0.25, 0.3) is 0 Å². The minimum Gasteiger partial charge on any atom is -0.485 e. The zero-order valence-corrected chi connectivity index (χ0v) is 48.3. The van der Waals surface area contributed by atoms with Gasteiger partial charge in [0, 0.05) is 114 Å². The maximum Gasteiger partial charge on any atom is 0.266 e. The molecule has 2 saturated heterocycles. The number of imide groups is 2. The van der Waals surface area contributed by atoms with Gasteiger partial charge < -0.3 is 39.4 Å². The highest BCUT2D eigenvalue weighted by Gasteiger charge is 2.46. The van der Waals surface area contributed by atoms with Crippen LogP contribution >= 0.6 is 0 Å². The van der Waals surface area contributed by atoms with Crippen LogP contribution in [0.4, 0.5) is 28.8 Å². The van der Waals surface area contributed by atoms with Crippen LogP contribution in [0.15, 0.2) is 77.8 Å². The van der Waals surface area contributed by atoms with E-state index in [-0.39, 0.29) is 76.3 Å². The Hall–Kier alpha value is -7.14. The van der Waals surface area contributed by atoms with E-state index in [0.717, 1.165) is 54.2 Å². The third kappa shape index (κ3) is 19.2. The number of fused-ring (bicyclic) bond motifs is 1. The molecule has 1 unspecified atom stereocenters. The Bertz CT molecular complexity index is 2940. The number of benzene rings is 3. The van der Waals surface area contributed by atoms with Gasteiger partial charge in [0.1, 0.15) is 30.0 Å². The van der Waals surface area contributed by atoms with Crippen molar-refractivity contribution in [3.8, 4) is 5.75 Å². The van der Waals surface area contributed by atoms with Gasteiger partial charge >= 0.3 is 0 Å². The predicted octanol–water partition coefficient (Wildman–Crippen LogP) is 7.56. The quantitative estimate of drug-likeness (QED) is 0.0350. The van der Waals surface area contributed by atoms with Crippen LogP contribution in [0.3, 0.4) is 0 Å². The van der Waals surface area contributed by atoms with Crippen LogP contribution in [0.2, 0.25) is 0 Å². The van der Waals surface area contributed by atoms with E-state index in [1.165, 1.54) is 12.1 Å². The molecular weight excluding hydrogens is 1060 g/mol. The molecule has 5 amide bonds. The molecule has 3 N–H and O–H groups in total. The van der Waals surface area contributed by atoms with Crippen LogP contribution in [0.1, 0.15) is 125 Å². The molecule has 4 aromatic rings. The minimum atomic E-state index is -3.44. The van der Waals surface area contributed by atoms with Crippen molar-refractivity contribution in [3.05, 3.63) is 89.6 Å². The minimum absolute atomic E-state index is 0.0303. The van der Waals surface area contributed by atoms with Crippen molar-refractivity contribution in [1.82, 2.24) is 25.1 Å². The molecule has 21 nitrogen and oxygen atoms in total. The number of unbranched alkanes of at least 4 members (excludes halogenated alkanes) is 2. The Kier molecular flexibility index (Phi) is 23.8. The summed E-state index contributed by atoms with van der Waals surface area (Å²) < 4.78 is 47.3. The number of Topliss-reactive ketones (excluding diaryl/α,β-unsaturated/α-hetero) is 2. The lowest BCUT2D eigenvalue weighted by molar-refractivity contribution is -0.136. The van der Waals surface area contributed by atoms with Crippen LogP contribution in [-0.2, 0) is 48.0 Å². The predicted molar refractivity (Wildman–Crippen MR) is 306 cm³/mol. The van der Waals surface area contributed by atoms with Crippen molar-refractivity contribution in [3.63, 3.8) is 0 Å². The molecule has 4 heterocycles. The number of ether oxygens (including phenoxy) is 4. The maximum absolute atomic E-state index is 13.0. The Labute approximate surface area is 475 Å². The van der Waals surface area contributed by atoms with Crippen LogP contribution in [0, 0.1) is 12.3 Å². The number of rotatable bonds is 29. The van der Waals surface area contributed by atoms with Gasteiger partial charge in [-0.25, -0.2) is 13.4 Å². The van der Waals surface area contributed by atoms with Crippen molar-refractivity contribution >= 4 is 79.8 Å². The number of hydrogen-bond acceptors (Lipinski definition) is 18. The van der Waals surface area contributed by atoms with Gasteiger partial charge in [-0.05, 0) is 113 Å². The highest BCUT2D eigenvalue weighted by atomic mass is 32.2. The van der Waals surface area contributed by atoms with E-state index in [9.17, 15) is 42.0 Å². The SMILES string of the molecule is CCOCCCCC(=O)CCC(=O)N1CCN(c2ccc(Nc3ncc(C)c(Nc4cccc(S(=O)(=O)CC(C)(C)C)c4)n3)cc2)CC1.CCOCCOCCCCC(=O)COc1cccc2c1C(=O)N(C1CCC(=O)NC1=O)C2=O. The summed E-state index contributed by atoms with van der Waals surface area (Å²) in [5.74, 6) is -1.21. The molecule has 0 saturated carbocycles. The van der Waals surface area contributed by atoms with E-state index in [1.54, 1.807) is 30.5 Å². The van der Waals surface area contributed by atoms with Gasteiger partial charge in [-0.1, -0.05) is 32.9 Å². The topological polar surface area (TPSA) is 262 Å². The van der Waals surface area contributed by atoms with Gasteiger partial charge in [0.2, 0.25) is 23.7 Å². The summed E-state index contributed by atoms with van der Waals surface area (Å²) in [5, 5.41) is 8.66. The first-order chi connectivity index (χ1) is 38.8. The lowest BCUT2D eigenvalue weighted by atomic mass is 10.0. The Balaban J connectivity index is 0.000000279. The molecule has 3 aromatic carbocycles. The molecule has 1 atom stereocenters. The smallest absolute Gasteiger partial charge is 0.266 e. The summed E-state index contributed by atoms with van der Waals surface area (Å²) in [5.41, 5.74) is 3.11. The van der Waals surface area contributed by atoms with Gasteiger partial charge in [0.15, 0.2) is 15.6 Å². The first kappa shape index (κ1) is 63.0. The van der Waals surface area contributed by atoms with Crippen molar-refractivity contribution in [1.29, 1.82) is 0 Å². The van der Waals surface area contributed by atoms with Crippen LogP contribution in [0.5, 0.6) is 5.75 Å². The third-order valence-corrected chi connectivity index (χ3v) is 15.6. The average Bonchev–Trinajstić information content (AvgIpc) is 3.97. The number of aromatic nitrogens is 2. The maximum atomic E-state index is 13.0. The molecule has 22 heteroatoms. The van der Waals surface area contributed by atoms with Gasteiger partial charge in [-0.15, -0.1) is 0 Å². The largest absolute Gasteiger partial charge is 0.485 e. The highest BCUT2D eigenvalue weighted by Crippen LogP contribution is 2.34. The zero-order chi connectivity index (χ0) is 58.5. The number of anilines is 5. The number of nitrogens with zero attached hydrogens (tertiary/aromatic N) is 5. The molecule has 0 spiro atoms. The van der Waals surface area contributed by atoms with Crippen molar-refractivity contribution in [2.24, 2.45) is 5.41 Å². The first-order valence-electron chi connectivity index (χ1n) is 27.8. The van der Waals surface area contributed by atoms with Crippen LogP contribution in [-0.4, -0.2) is 154 Å². The fourth-order valence-electron chi connectivity index (χ4n) is 9.21. The number of sulfone groups is 1. The Morgan fingerprint density at radius 3 is 2.10 bits per heavy atom. The number of hydrogen-bond donors (Lipinski definition) is 3. The molecule has 0 bridgehead atoms. The fraction of sp³-hybridized carbons (Fsp3) is 0.508. The lowest BCUT2D eigenvalue weighted by Crippen LogP contribution is -2.54. The van der Waals surface area contributed by atoms with E-state index in [2.05, 4.69) is 30.8 Å². The molecule has 3 aliphatic rings. The zero-order valence-electron chi connectivity index (χ0n) is 47.5. The molecular formula is C59H78N8O13S. The van der Waals surface area contributed by atoms with E-state index >= 15 is 0 Å². The summed E-state index contributed by atoms with van der Waals surface area (Å²) >= 11 is 0. The second-order valence-electron chi connectivity index (χ2n) is 21.1. The number of piperazine rings is 1. The standard InChI is InChI=1S/C36H50N6O5S.C23H28N2O8/c1-6-47-23-8-7-11-31(43)17-18-33(44)42-21-19-41(20-22-42)30-15-13-28(14-16-30)39-35-37-25-27(2)34(40-35)38-29-10-9-12-32(24-29)48(45,46)26-36(3,4)5;1-2-31-12-13-32-11-4-3-6-15(26)14-33-18-8-5-7-16-20(18)23(30)25(22(16)29)17-9-10-19(27)24-21(17)28/h9-10,12-16,24-25H,6-8,11,17-23,26H2,1-5H3,(H2,37,38,39,40);5,7-8,17H,2-4,6,9-14H2,1H3,(H,24,27,28). The van der Waals surface area contributed by atoms with E-state index in [0.29, 0.717) is 95.9 Å². The Morgan fingerprint density at radius 1 is 0.741 bits per heavy atom. The van der Waals surface area contributed by atoms with Crippen molar-refractivity contribution in [2.45, 2.75) is 117 Å². The molecule has 0 radical (unpaired) electrons. The summed E-state index contributed by atoms with van der Waals surface area (Å²) in [7, 11) is -3.44. The fourth-order valence-corrected chi connectivity index (χ4v) is 11.1. The van der Waals surface area contributed by atoms with Gasteiger partial charge in [-0.2, -0.15) is 4.98 Å². The summed E-state index contributed by atoms with van der Waals surface area (Å²) in [6.45, 7) is 17.6. The average molecular weight is 1140 g/mol. The Morgan fingerprint density at radius 2 is 1.41 bits per heavy atom. The summed E-state index contributed by atoms with van der Waals surface area (Å²) in [4.78, 5) is 101. The molecule has 7 rings (SSSR count). The molecule has 2 fully saturated rings. The number of ketones is 2. The molecule has 81 heavy (non-hydrogen) atoms. The summed E-state index contributed by atoms with van der Waals surface area (Å²) in [6.07, 6.45) is 6.26. The molecule has 438 valence electrons.